The standard InChI is InChI=1S/C74H111N14O18PS/c1-37-27-47-49(28-38(37)2)88(36-82-47)66-61(97)62(50(34-89)103-66)106-107(100,101)105-39(3)33-81-58(96)23-24-71(11)45(29-54(77)92)65-74(14)73(13,32-56(79)94)44(19-22-57(95)80-25-16-26-108-35-48(67(98)102-15)84-68(99)104-69(6,7)8)60(87-74)41(5)64-72(12,31-55(78)93)42(17-20-52(75)90)46(83-64)30-51-70(9,10)43(18-21-53(76)91)59(85-51)40(4)63(71)86-65/h27-28,30,36,39,42-45,48,50,61-62,65-66,83,89,97H,16-26,29,31-35H2,1-15H3,(H2,75,90)(H2,76,91)(H2,77,92)(H2,78,93)(H2,79,94)(H,80,95)(H,81,96)(H,84,99)(H,100,101)/p-1/b46-30-,59-40-,64-41-/t39-,42-,43-,44-,45+,48+,50+,61-,62-,65-,66+,71-,72+,73+,74-/m1/s1. The number of benzene rings is 1. The molecule has 16 atom stereocenters. The van der Waals surface area contributed by atoms with Crippen LogP contribution in [0, 0.1) is 64.6 Å². The number of hydrogen-bond acceptors (Lipinski definition) is 24. The second-order valence-electron chi connectivity index (χ2n) is 32.1. The molecule has 2 saturated heterocycles. The molecule has 8 bridgehead atoms. The number of nitrogens with zero attached hydrogens (tertiary/aromatic N) is 5. The molecule has 2 fully saturated rings. The van der Waals surface area contributed by atoms with Crippen molar-refractivity contribution in [3.63, 3.8) is 0 Å². The average Bonchev–Trinajstić information content (AvgIpc) is 1.53. The third kappa shape index (κ3) is 18.6. The molecule has 6 aliphatic rings. The van der Waals surface area contributed by atoms with Gasteiger partial charge in [0, 0.05) is 137 Å². The lowest BCUT2D eigenvalue weighted by molar-refractivity contribution is -0.220. The Balaban J connectivity index is 1.16. The van der Waals surface area contributed by atoms with Crippen LogP contribution in [0.4, 0.5) is 4.79 Å². The van der Waals surface area contributed by atoms with Gasteiger partial charge < -0.3 is 88.6 Å². The molecule has 32 nitrogen and oxygen atoms in total. The van der Waals surface area contributed by atoms with Crippen molar-refractivity contribution in [2.24, 2.45) is 83.2 Å². The zero-order chi connectivity index (χ0) is 80.3. The van der Waals surface area contributed by atoms with Crippen LogP contribution in [0.25, 0.3) is 11.0 Å². The highest BCUT2D eigenvalue weighted by atomic mass is 32.2. The Morgan fingerprint density at radius 1 is 0.861 bits per heavy atom. The van der Waals surface area contributed by atoms with E-state index in [4.69, 9.17) is 66.6 Å². The van der Waals surface area contributed by atoms with Gasteiger partial charge >= 0.3 is 19.9 Å². The molecule has 0 aliphatic carbocycles. The Labute approximate surface area is 634 Å². The second-order valence-corrected chi connectivity index (χ2v) is 34.6. The van der Waals surface area contributed by atoms with Crippen molar-refractivity contribution in [3.05, 3.63) is 63.9 Å². The van der Waals surface area contributed by atoms with Crippen LogP contribution in [-0.4, -0.2) is 181 Å². The van der Waals surface area contributed by atoms with E-state index in [0.717, 1.165) is 11.1 Å². The third-order valence-corrected chi connectivity index (χ3v) is 25.1. The van der Waals surface area contributed by atoms with Gasteiger partial charge in [0.1, 0.15) is 30.0 Å². The number of aryl methyl sites for hydroxylation is 2. The van der Waals surface area contributed by atoms with Crippen LogP contribution >= 0.6 is 19.6 Å². The van der Waals surface area contributed by atoms with E-state index in [9.17, 15) is 63.1 Å². The quantitative estimate of drug-likeness (QED) is 0.0147. The largest absolute Gasteiger partial charge is 0.862 e. The van der Waals surface area contributed by atoms with Crippen LogP contribution in [0.5, 0.6) is 0 Å². The van der Waals surface area contributed by atoms with Crippen LogP contribution in [0.15, 0.2) is 67.8 Å². The molecular weight excluding hydrogens is 1440 g/mol. The fourth-order valence-electron chi connectivity index (χ4n) is 16.9. The molecule has 1 aromatic heterocycles. The molecule has 8 rings (SSSR count). The number of nitrogens with two attached hydrogens (primary N) is 4. The summed E-state index contributed by atoms with van der Waals surface area (Å²) in [5, 5.41) is 54.8. The molecule has 2 aromatic rings. The minimum absolute atomic E-state index is 0.0352. The van der Waals surface area contributed by atoms with Gasteiger partial charge in [-0.15, -0.1) is 0 Å². The normalized spacial score (nSPS) is 30.8. The number of primary amides is 4. The van der Waals surface area contributed by atoms with E-state index in [1.807, 2.05) is 80.5 Å². The number of allylic oxidation sites excluding steroid dienone is 6. The van der Waals surface area contributed by atoms with E-state index in [-0.39, 0.29) is 95.4 Å². The minimum Gasteiger partial charge on any atom is -0.862 e. The highest BCUT2D eigenvalue weighted by Crippen LogP contribution is 2.63. The molecule has 0 spiro atoms. The summed E-state index contributed by atoms with van der Waals surface area (Å²) in [5.41, 5.74) is 24.5. The predicted molar refractivity (Wildman–Crippen MR) is 403 cm³/mol. The minimum atomic E-state index is -5.11. The van der Waals surface area contributed by atoms with Gasteiger partial charge in [0.25, 0.3) is 0 Å². The number of fused-ring (bicyclic) bond motifs is 7. The summed E-state index contributed by atoms with van der Waals surface area (Å²) < 4.78 is 42.8. The smallest absolute Gasteiger partial charge is 0.472 e. The molecular formula is C74H110N14O18PS-. The van der Waals surface area contributed by atoms with E-state index in [2.05, 4.69) is 26.3 Å². The summed E-state index contributed by atoms with van der Waals surface area (Å²) in [5.74, 6) is -7.70. The fraction of sp³-hybridized carbons (Fsp3) is 0.662. The SMILES string of the molecule is COC(=O)[C@H](CSCCCNC(=O)CC[C@@H]1C2=N[C@](C)([C@@H]3N=C(/C(C)=C4N=C(/C=C5\N/C(=C\2C)[C@@](C)(CC(N)=O)[C@@H]5CCC(=N)[O-])C(C)(C)[C@@H]\4CCC(N)=O)[C@](C)(CCC(=O)NC[C@@H](C)OP(=O)(O)O[C@H]2[C@@H](O)[C@@H](n4cnc5cc(C)c(C)cc54)O[C@H]2CO)[C@H]3CC(N)=O)[C@@]1(C)CC(N)=O)NC(=O)OC(C)(C)C. The number of ether oxygens (including phenoxy) is 3. The molecule has 7 amide bonds. The number of phosphoric acid groups is 1. The highest BCUT2D eigenvalue weighted by Gasteiger charge is 2.66. The van der Waals surface area contributed by atoms with Crippen LogP contribution in [-0.2, 0) is 61.4 Å². The third-order valence-electron chi connectivity index (χ3n) is 22.8. The van der Waals surface area contributed by atoms with Crippen molar-refractivity contribution >= 4 is 101 Å². The zero-order valence-corrected chi connectivity index (χ0v) is 66.3. The summed E-state index contributed by atoms with van der Waals surface area (Å²) in [7, 11) is -3.90. The van der Waals surface area contributed by atoms with Crippen LogP contribution in [0.1, 0.15) is 177 Å². The maximum atomic E-state index is 14.6. The topological polar surface area (TPSA) is 514 Å². The zero-order valence-electron chi connectivity index (χ0n) is 64.5. The summed E-state index contributed by atoms with van der Waals surface area (Å²) in [6, 6.07) is 1.60. The fourth-order valence-corrected chi connectivity index (χ4v) is 19.0. The first kappa shape index (κ1) is 85.7. The van der Waals surface area contributed by atoms with E-state index in [1.54, 1.807) is 32.3 Å². The van der Waals surface area contributed by atoms with Gasteiger partial charge in [-0.05, 0) is 153 Å². The average molecular weight is 1550 g/mol. The van der Waals surface area contributed by atoms with Gasteiger partial charge in [-0.2, -0.15) is 11.8 Å². The number of aromatic nitrogens is 2. The molecule has 596 valence electrons. The number of amides is 7. The number of carbonyl (C=O) groups is 8. The monoisotopic (exact) mass is 1550 g/mol. The number of carbonyl (C=O) groups excluding carboxylic acids is 8. The van der Waals surface area contributed by atoms with Gasteiger partial charge in [0.2, 0.25) is 35.4 Å². The number of methoxy groups -OCH3 is 1. The number of phosphoric ester groups is 1. The van der Waals surface area contributed by atoms with E-state index in [0.29, 0.717) is 68.6 Å². The van der Waals surface area contributed by atoms with Gasteiger partial charge in [0.15, 0.2) is 6.23 Å². The van der Waals surface area contributed by atoms with Crippen LogP contribution in [0.2, 0.25) is 0 Å². The first-order chi connectivity index (χ1) is 50.3. The number of nitrogens with one attached hydrogen (secondary N) is 5. The first-order valence-electron chi connectivity index (χ1n) is 36.6. The number of aliphatic imine (C=N–C) groups is 3. The summed E-state index contributed by atoms with van der Waals surface area (Å²) in [6.45, 7) is 24.4. The van der Waals surface area contributed by atoms with Gasteiger partial charge in [-0.3, -0.25) is 52.8 Å². The Hall–Kier alpha value is -7.91. The Morgan fingerprint density at radius 2 is 1.51 bits per heavy atom. The predicted octanol–water partition coefficient (Wildman–Crippen LogP) is 4.84. The number of imidazole rings is 1. The Bertz CT molecular complexity index is 4110. The summed E-state index contributed by atoms with van der Waals surface area (Å²) in [6.07, 6.45) is -5.33. The number of aliphatic hydroxyl groups is 2. The molecule has 34 heteroatoms. The summed E-state index contributed by atoms with van der Waals surface area (Å²) >= 11 is 1.35. The van der Waals surface area contributed by atoms with Crippen molar-refractivity contribution in [2.75, 3.05) is 38.3 Å². The van der Waals surface area contributed by atoms with Crippen LogP contribution in [0.3, 0.4) is 0 Å². The number of alkyl carbamates (subject to hydrolysis) is 1. The second kappa shape index (κ2) is 33.7. The number of aliphatic hydroxyl groups excluding tert-OH is 2. The first-order valence-corrected chi connectivity index (χ1v) is 39.2. The van der Waals surface area contributed by atoms with Gasteiger partial charge in [-0.1, -0.05) is 34.6 Å². The van der Waals surface area contributed by atoms with Crippen molar-refractivity contribution in [2.45, 2.75) is 228 Å². The summed E-state index contributed by atoms with van der Waals surface area (Å²) in [4.78, 5) is 141. The molecule has 6 aliphatic heterocycles. The molecule has 1 unspecified atom stereocenters. The van der Waals surface area contributed by atoms with E-state index >= 15 is 0 Å². The van der Waals surface area contributed by atoms with Crippen LogP contribution < -0.4 is 49.3 Å². The molecule has 16 N–H and O–H groups in total. The number of rotatable bonds is 34. The van der Waals surface area contributed by atoms with E-state index < -0.39 is 161 Å². The van der Waals surface area contributed by atoms with Crippen molar-refractivity contribution in [3.8, 4) is 0 Å². The number of esters is 1. The molecule has 7 heterocycles. The number of thioether (sulfide) groups is 1. The maximum absolute atomic E-state index is 14.6. The molecule has 0 radical (unpaired) electrons. The van der Waals surface area contributed by atoms with Crippen molar-refractivity contribution in [1.29, 1.82) is 5.41 Å². The van der Waals surface area contributed by atoms with Gasteiger partial charge in [0.05, 0.1) is 48.8 Å². The Morgan fingerprint density at radius 3 is 2.13 bits per heavy atom. The Kier molecular flexibility index (Phi) is 26.8. The lowest BCUT2D eigenvalue weighted by Gasteiger charge is -2.48. The maximum Gasteiger partial charge on any atom is 0.472 e. The molecule has 108 heavy (non-hydrogen) atoms. The van der Waals surface area contributed by atoms with E-state index in [1.165, 1.54) is 32.1 Å². The molecule has 0 saturated carbocycles. The number of hydrogen-bond donors (Lipinski definition) is 12. The molecule has 1 aromatic carbocycles. The highest BCUT2D eigenvalue weighted by molar-refractivity contribution is 7.99. The lowest BCUT2D eigenvalue weighted by atomic mass is 9.55. The lowest BCUT2D eigenvalue weighted by Crippen LogP contribution is -2.56. The van der Waals surface area contributed by atoms with Crippen molar-refractivity contribution in [1.82, 2.24) is 30.8 Å². The van der Waals surface area contributed by atoms with Crippen molar-refractivity contribution < 1.29 is 86.4 Å². The van der Waals surface area contributed by atoms with Gasteiger partial charge in [-0.25, -0.2) is 19.1 Å².